The lowest BCUT2D eigenvalue weighted by Crippen LogP contribution is -2.26. The average Bonchev–Trinajstić information content (AvgIpc) is 2.45. The normalized spacial score (nSPS) is 12.4. The standard InChI is InChI=1S/C17H23BrFNO3S/c1-9(2)8-23-17(22)16(10(3)4)24-15-7-14(20-11(5)21)13(19)6-12(15)18/h6-7,9-10,16H,8H2,1-5H3,(H,20,21). The summed E-state index contributed by atoms with van der Waals surface area (Å²) in [5.41, 5.74) is 0.0891. The third kappa shape index (κ3) is 6.43. The van der Waals surface area contributed by atoms with Crippen LogP contribution in [0.15, 0.2) is 21.5 Å². The zero-order valence-electron chi connectivity index (χ0n) is 14.5. The highest BCUT2D eigenvalue weighted by Crippen LogP contribution is 2.37. The van der Waals surface area contributed by atoms with Crippen molar-refractivity contribution in [2.24, 2.45) is 11.8 Å². The smallest absolute Gasteiger partial charge is 0.319 e. The van der Waals surface area contributed by atoms with Crippen LogP contribution in [0.2, 0.25) is 0 Å². The van der Waals surface area contributed by atoms with Gasteiger partial charge in [0.25, 0.3) is 0 Å². The highest BCUT2D eigenvalue weighted by Gasteiger charge is 2.26. The van der Waals surface area contributed by atoms with Crippen LogP contribution in [-0.2, 0) is 14.3 Å². The van der Waals surface area contributed by atoms with Crippen LogP contribution in [0.3, 0.4) is 0 Å². The molecule has 1 aromatic rings. The lowest BCUT2D eigenvalue weighted by atomic mass is 10.1. The van der Waals surface area contributed by atoms with E-state index in [4.69, 9.17) is 4.74 Å². The van der Waals surface area contributed by atoms with E-state index in [2.05, 4.69) is 21.2 Å². The fourth-order valence-electron chi connectivity index (χ4n) is 1.83. The van der Waals surface area contributed by atoms with Gasteiger partial charge in [-0.05, 0) is 39.9 Å². The van der Waals surface area contributed by atoms with E-state index in [0.717, 1.165) is 0 Å². The second kappa shape index (κ2) is 9.42. The van der Waals surface area contributed by atoms with Crippen molar-refractivity contribution in [3.8, 4) is 0 Å². The second-order valence-electron chi connectivity index (χ2n) is 6.25. The molecule has 0 saturated carbocycles. The van der Waals surface area contributed by atoms with Crippen LogP contribution in [0, 0.1) is 17.7 Å². The number of ether oxygens (including phenoxy) is 1. The summed E-state index contributed by atoms with van der Waals surface area (Å²) in [7, 11) is 0. The highest BCUT2D eigenvalue weighted by atomic mass is 79.9. The lowest BCUT2D eigenvalue weighted by molar-refractivity contribution is -0.144. The number of amides is 1. The summed E-state index contributed by atoms with van der Waals surface area (Å²) in [6.07, 6.45) is 0. The van der Waals surface area contributed by atoms with Crippen LogP contribution in [0.1, 0.15) is 34.6 Å². The first-order chi connectivity index (χ1) is 11.1. The van der Waals surface area contributed by atoms with Crippen molar-refractivity contribution in [3.63, 3.8) is 0 Å². The minimum atomic E-state index is -0.537. The van der Waals surface area contributed by atoms with Crippen molar-refractivity contribution < 1.29 is 18.7 Å². The third-order valence-electron chi connectivity index (χ3n) is 2.98. The fourth-order valence-corrected chi connectivity index (χ4v) is 3.49. The molecule has 0 aromatic heterocycles. The third-order valence-corrected chi connectivity index (χ3v) is 5.48. The predicted octanol–water partition coefficient (Wildman–Crippen LogP) is 4.86. The van der Waals surface area contributed by atoms with E-state index in [0.29, 0.717) is 16.0 Å². The molecule has 1 aromatic carbocycles. The lowest BCUT2D eigenvalue weighted by Gasteiger charge is -2.21. The molecule has 7 heteroatoms. The van der Waals surface area contributed by atoms with E-state index in [9.17, 15) is 14.0 Å². The molecule has 0 aliphatic carbocycles. The zero-order valence-corrected chi connectivity index (χ0v) is 16.9. The maximum atomic E-state index is 13.9. The Hall–Kier alpha value is -1.08. The minimum Gasteiger partial charge on any atom is -0.465 e. The molecule has 0 bridgehead atoms. The Balaban J connectivity index is 3.01. The van der Waals surface area contributed by atoms with Gasteiger partial charge in [0.1, 0.15) is 11.1 Å². The molecule has 1 rings (SSSR count). The number of carbonyl (C=O) groups excluding carboxylic acids is 2. The molecule has 0 radical (unpaired) electrons. The molecule has 1 N–H and O–H groups in total. The number of benzene rings is 1. The van der Waals surface area contributed by atoms with Crippen LogP contribution >= 0.6 is 27.7 Å². The Morgan fingerprint density at radius 3 is 2.42 bits per heavy atom. The molecule has 0 aliphatic heterocycles. The van der Waals surface area contributed by atoms with Crippen LogP contribution in [0.25, 0.3) is 0 Å². The maximum absolute atomic E-state index is 13.9. The van der Waals surface area contributed by atoms with Gasteiger partial charge in [0.2, 0.25) is 5.91 Å². The molecule has 134 valence electrons. The molecule has 1 amide bonds. The number of rotatable bonds is 7. The molecule has 0 fully saturated rings. The number of nitrogens with one attached hydrogen (secondary N) is 1. The molecule has 0 saturated heterocycles. The van der Waals surface area contributed by atoms with E-state index in [1.807, 2.05) is 27.7 Å². The Labute approximate surface area is 155 Å². The molecule has 4 nitrogen and oxygen atoms in total. The van der Waals surface area contributed by atoms with Gasteiger partial charge in [0.15, 0.2) is 0 Å². The van der Waals surface area contributed by atoms with E-state index >= 15 is 0 Å². The van der Waals surface area contributed by atoms with Crippen LogP contribution in [0.4, 0.5) is 10.1 Å². The maximum Gasteiger partial charge on any atom is 0.319 e. The van der Waals surface area contributed by atoms with Gasteiger partial charge in [-0.2, -0.15) is 0 Å². The molecular formula is C17H23BrFNO3S. The van der Waals surface area contributed by atoms with Crippen molar-refractivity contribution in [1.82, 2.24) is 0 Å². The van der Waals surface area contributed by atoms with Gasteiger partial charge >= 0.3 is 5.97 Å². The van der Waals surface area contributed by atoms with Gasteiger partial charge in [-0.15, -0.1) is 11.8 Å². The Morgan fingerprint density at radius 1 is 1.29 bits per heavy atom. The molecule has 1 atom stereocenters. The monoisotopic (exact) mass is 419 g/mol. The largest absolute Gasteiger partial charge is 0.465 e. The number of halogens is 2. The van der Waals surface area contributed by atoms with Crippen LogP contribution in [-0.4, -0.2) is 23.7 Å². The zero-order chi connectivity index (χ0) is 18.4. The van der Waals surface area contributed by atoms with Crippen LogP contribution in [0.5, 0.6) is 0 Å². The first-order valence-corrected chi connectivity index (χ1v) is 9.39. The minimum absolute atomic E-state index is 0.0378. The summed E-state index contributed by atoms with van der Waals surface area (Å²) in [5.74, 6) is -0.888. The van der Waals surface area contributed by atoms with Crippen molar-refractivity contribution in [2.45, 2.75) is 44.8 Å². The van der Waals surface area contributed by atoms with Crippen molar-refractivity contribution in [3.05, 3.63) is 22.4 Å². The number of carbonyl (C=O) groups is 2. The molecule has 0 heterocycles. The number of hydrogen-bond donors (Lipinski definition) is 1. The van der Waals surface area contributed by atoms with Gasteiger partial charge in [0, 0.05) is 16.3 Å². The Kier molecular flexibility index (Phi) is 8.22. The van der Waals surface area contributed by atoms with Gasteiger partial charge < -0.3 is 10.1 Å². The summed E-state index contributed by atoms with van der Waals surface area (Å²) < 4.78 is 19.8. The molecular weight excluding hydrogens is 397 g/mol. The number of thioether (sulfide) groups is 1. The van der Waals surface area contributed by atoms with E-state index in [1.165, 1.54) is 30.8 Å². The fraction of sp³-hybridized carbons (Fsp3) is 0.529. The summed E-state index contributed by atoms with van der Waals surface area (Å²) in [6.45, 7) is 9.49. The molecule has 0 spiro atoms. The number of esters is 1. The average molecular weight is 420 g/mol. The first-order valence-electron chi connectivity index (χ1n) is 7.71. The summed E-state index contributed by atoms with van der Waals surface area (Å²) in [6, 6.07) is 2.81. The first kappa shape index (κ1) is 21.0. The molecule has 0 aliphatic rings. The van der Waals surface area contributed by atoms with Gasteiger partial charge in [0.05, 0.1) is 12.3 Å². The van der Waals surface area contributed by atoms with E-state index < -0.39 is 11.1 Å². The summed E-state index contributed by atoms with van der Waals surface area (Å²) in [4.78, 5) is 24.2. The van der Waals surface area contributed by atoms with Gasteiger partial charge in [-0.3, -0.25) is 9.59 Å². The Morgan fingerprint density at radius 2 is 1.92 bits per heavy atom. The number of hydrogen-bond acceptors (Lipinski definition) is 4. The quantitative estimate of drug-likeness (QED) is 0.506. The Bertz CT molecular complexity index is 608. The van der Waals surface area contributed by atoms with Crippen LogP contribution < -0.4 is 5.32 Å². The number of anilines is 1. The van der Waals surface area contributed by atoms with Crippen molar-refractivity contribution in [1.29, 1.82) is 0 Å². The van der Waals surface area contributed by atoms with Gasteiger partial charge in [-0.1, -0.05) is 27.7 Å². The van der Waals surface area contributed by atoms with Crippen molar-refractivity contribution in [2.75, 3.05) is 11.9 Å². The highest BCUT2D eigenvalue weighted by molar-refractivity contribution is 9.10. The van der Waals surface area contributed by atoms with E-state index in [1.54, 1.807) is 0 Å². The molecule has 24 heavy (non-hydrogen) atoms. The van der Waals surface area contributed by atoms with Crippen molar-refractivity contribution >= 4 is 45.3 Å². The molecule has 1 unspecified atom stereocenters. The predicted molar refractivity (Wildman–Crippen MR) is 98.7 cm³/mol. The SMILES string of the molecule is CC(=O)Nc1cc(SC(C(=O)OCC(C)C)C(C)C)c(Br)cc1F. The summed E-state index contributed by atoms with van der Waals surface area (Å²) in [5, 5.41) is 2.03. The van der Waals surface area contributed by atoms with Gasteiger partial charge in [-0.25, -0.2) is 4.39 Å². The summed E-state index contributed by atoms with van der Waals surface area (Å²) >= 11 is 4.60. The van der Waals surface area contributed by atoms with E-state index in [-0.39, 0.29) is 29.4 Å². The topological polar surface area (TPSA) is 55.4 Å². The second-order valence-corrected chi connectivity index (χ2v) is 8.29.